The van der Waals surface area contributed by atoms with Gasteiger partial charge in [-0.15, -0.1) is 11.3 Å². The molecule has 1 amide bonds. The van der Waals surface area contributed by atoms with E-state index in [0.29, 0.717) is 5.56 Å². The standard InChI is InChI=1S/C13H9F3INO2S/c14-13(15,16)7-20-10-4-2-1-3-9(10)18-12(19)8-5-11(17)21-6-8/h1-6H,7H2,(H,18,19). The third-order valence-corrected chi connectivity index (χ3v) is 4.15. The number of thiophene rings is 1. The molecule has 3 nitrogen and oxygen atoms in total. The monoisotopic (exact) mass is 427 g/mol. The Morgan fingerprint density at radius 1 is 1.33 bits per heavy atom. The van der Waals surface area contributed by atoms with E-state index >= 15 is 0 Å². The molecule has 0 bridgehead atoms. The summed E-state index contributed by atoms with van der Waals surface area (Å²) in [7, 11) is 0. The Balaban J connectivity index is 2.11. The molecule has 1 N–H and O–H groups in total. The highest BCUT2D eigenvalue weighted by molar-refractivity contribution is 14.1. The van der Waals surface area contributed by atoms with E-state index in [1.54, 1.807) is 17.5 Å². The molecule has 0 aliphatic carbocycles. The fourth-order valence-corrected chi connectivity index (χ4v) is 2.81. The third kappa shape index (κ3) is 4.88. The summed E-state index contributed by atoms with van der Waals surface area (Å²) in [6, 6.07) is 7.70. The Bertz CT molecular complexity index is 642. The number of carbonyl (C=O) groups excluding carboxylic acids is 1. The van der Waals surface area contributed by atoms with Gasteiger partial charge in [-0.05, 0) is 40.8 Å². The van der Waals surface area contributed by atoms with Crippen molar-refractivity contribution < 1.29 is 22.7 Å². The molecule has 2 rings (SSSR count). The SMILES string of the molecule is O=C(Nc1ccccc1OCC(F)(F)F)c1csc(I)c1. The van der Waals surface area contributed by atoms with Gasteiger partial charge in [-0.3, -0.25) is 4.79 Å². The summed E-state index contributed by atoms with van der Waals surface area (Å²) >= 11 is 3.49. The molecule has 1 aromatic carbocycles. The topological polar surface area (TPSA) is 38.3 Å². The number of hydrogen-bond acceptors (Lipinski definition) is 3. The van der Waals surface area contributed by atoms with Crippen LogP contribution in [0.3, 0.4) is 0 Å². The van der Waals surface area contributed by atoms with Crippen LogP contribution in [0.15, 0.2) is 35.7 Å². The van der Waals surface area contributed by atoms with Gasteiger partial charge in [0.1, 0.15) is 5.75 Å². The van der Waals surface area contributed by atoms with Crippen LogP contribution < -0.4 is 10.1 Å². The number of halogens is 4. The van der Waals surface area contributed by atoms with Gasteiger partial charge < -0.3 is 10.1 Å². The molecule has 8 heteroatoms. The molecule has 1 heterocycles. The van der Waals surface area contributed by atoms with Gasteiger partial charge in [0.2, 0.25) is 0 Å². The number of para-hydroxylation sites is 2. The van der Waals surface area contributed by atoms with Gasteiger partial charge in [0.15, 0.2) is 6.61 Å². The number of carbonyl (C=O) groups is 1. The summed E-state index contributed by atoms with van der Waals surface area (Å²) in [6.07, 6.45) is -4.43. The van der Waals surface area contributed by atoms with Crippen LogP contribution in [0.1, 0.15) is 10.4 Å². The van der Waals surface area contributed by atoms with Crippen molar-refractivity contribution in [3.63, 3.8) is 0 Å². The van der Waals surface area contributed by atoms with Gasteiger partial charge in [-0.2, -0.15) is 13.2 Å². The number of ether oxygens (including phenoxy) is 1. The molecule has 0 fully saturated rings. The van der Waals surface area contributed by atoms with E-state index in [1.165, 1.54) is 29.5 Å². The minimum atomic E-state index is -4.43. The van der Waals surface area contributed by atoms with Gasteiger partial charge in [-0.1, -0.05) is 12.1 Å². The first-order valence-electron chi connectivity index (χ1n) is 5.69. The van der Waals surface area contributed by atoms with E-state index < -0.39 is 18.7 Å². The molecule has 0 unspecified atom stereocenters. The molecule has 0 saturated carbocycles. The normalized spacial score (nSPS) is 11.2. The number of amides is 1. The van der Waals surface area contributed by atoms with Crippen molar-refractivity contribution in [2.45, 2.75) is 6.18 Å². The Kier molecular flexibility index (Phi) is 5.09. The molecule has 0 aliphatic rings. The van der Waals surface area contributed by atoms with E-state index in [1.807, 2.05) is 0 Å². The number of benzene rings is 1. The van der Waals surface area contributed by atoms with Crippen LogP contribution in [0.2, 0.25) is 0 Å². The second-order valence-corrected chi connectivity index (χ2v) is 6.80. The summed E-state index contributed by atoms with van der Waals surface area (Å²) in [4.78, 5) is 12.0. The van der Waals surface area contributed by atoms with Crippen molar-refractivity contribution in [1.29, 1.82) is 0 Å². The lowest BCUT2D eigenvalue weighted by atomic mass is 10.2. The first-order chi connectivity index (χ1) is 9.85. The van der Waals surface area contributed by atoms with E-state index in [9.17, 15) is 18.0 Å². The Morgan fingerprint density at radius 2 is 2.05 bits per heavy atom. The van der Waals surface area contributed by atoms with Crippen molar-refractivity contribution in [2.75, 3.05) is 11.9 Å². The number of anilines is 1. The number of alkyl halides is 3. The maximum Gasteiger partial charge on any atom is 0.422 e. The first-order valence-corrected chi connectivity index (χ1v) is 7.65. The van der Waals surface area contributed by atoms with Gasteiger partial charge in [0.05, 0.1) is 14.1 Å². The zero-order chi connectivity index (χ0) is 15.5. The molecular weight excluding hydrogens is 418 g/mol. The minimum Gasteiger partial charge on any atom is -0.482 e. The third-order valence-electron chi connectivity index (χ3n) is 2.36. The van der Waals surface area contributed by atoms with E-state index in [2.05, 4.69) is 27.9 Å². The van der Waals surface area contributed by atoms with Crippen molar-refractivity contribution in [3.05, 3.63) is 44.2 Å². The molecule has 1 aromatic heterocycles. The molecule has 0 saturated heterocycles. The fourth-order valence-electron chi connectivity index (χ4n) is 1.48. The van der Waals surface area contributed by atoms with Crippen molar-refractivity contribution in [3.8, 4) is 5.75 Å². The van der Waals surface area contributed by atoms with Crippen LogP contribution in [0, 0.1) is 2.88 Å². The average molecular weight is 427 g/mol. The molecule has 0 aliphatic heterocycles. The lowest BCUT2D eigenvalue weighted by Gasteiger charge is -2.13. The summed E-state index contributed by atoms with van der Waals surface area (Å²) < 4.78 is 42.2. The second kappa shape index (κ2) is 6.65. The number of hydrogen-bond donors (Lipinski definition) is 1. The smallest absolute Gasteiger partial charge is 0.422 e. The van der Waals surface area contributed by atoms with E-state index in [4.69, 9.17) is 4.74 Å². The Hall–Kier alpha value is -1.29. The molecule has 0 spiro atoms. The Labute approximate surface area is 136 Å². The fraction of sp³-hybridized carbons (Fsp3) is 0.154. The van der Waals surface area contributed by atoms with Gasteiger partial charge in [0, 0.05) is 5.38 Å². The highest BCUT2D eigenvalue weighted by Crippen LogP contribution is 2.27. The minimum absolute atomic E-state index is 0.0203. The van der Waals surface area contributed by atoms with Crippen LogP contribution in [0.5, 0.6) is 5.75 Å². The second-order valence-electron chi connectivity index (χ2n) is 3.99. The summed E-state index contributed by atoms with van der Waals surface area (Å²) in [5, 5.41) is 4.23. The van der Waals surface area contributed by atoms with Gasteiger partial charge >= 0.3 is 6.18 Å². The molecule has 21 heavy (non-hydrogen) atoms. The Morgan fingerprint density at radius 3 is 2.67 bits per heavy atom. The predicted molar refractivity (Wildman–Crippen MR) is 83.0 cm³/mol. The van der Waals surface area contributed by atoms with Crippen molar-refractivity contribution >= 4 is 45.5 Å². The lowest BCUT2D eigenvalue weighted by molar-refractivity contribution is -0.153. The van der Waals surface area contributed by atoms with Crippen molar-refractivity contribution in [1.82, 2.24) is 0 Å². The summed E-state index contributed by atoms with van der Waals surface area (Å²) in [6.45, 7) is -1.41. The maximum absolute atomic E-state index is 12.2. The average Bonchev–Trinajstić information content (AvgIpc) is 2.83. The van der Waals surface area contributed by atoms with Crippen molar-refractivity contribution in [2.24, 2.45) is 0 Å². The largest absolute Gasteiger partial charge is 0.482 e. The maximum atomic E-state index is 12.2. The quantitative estimate of drug-likeness (QED) is 0.728. The summed E-state index contributed by atoms with van der Waals surface area (Å²) in [5.41, 5.74) is 0.656. The first kappa shape index (κ1) is 16.1. The highest BCUT2D eigenvalue weighted by Gasteiger charge is 2.28. The van der Waals surface area contributed by atoms with E-state index in [-0.39, 0.29) is 11.4 Å². The zero-order valence-corrected chi connectivity index (χ0v) is 13.4. The van der Waals surface area contributed by atoms with Gasteiger partial charge in [-0.25, -0.2) is 0 Å². The molecule has 0 radical (unpaired) electrons. The van der Waals surface area contributed by atoms with Crippen LogP contribution >= 0.6 is 33.9 Å². The van der Waals surface area contributed by atoms with Crippen LogP contribution in [-0.4, -0.2) is 18.7 Å². The molecule has 112 valence electrons. The molecular formula is C13H9F3INO2S. The van der Waals surface area contributed by atoms with Crippen LogP contribution in [0.25, 0.3) is 0 Å². The lowest BCUT2D eigenvalue weighted by Crippen LogP contribution is -2.20. The highest BCUT2D eigenvalue weighted by atomic mass is 127. The van der Waals surface area contributed by atoms with Gasteiger partial charge in [0.25, 0.3) is 5.91 Å². The summed E-state index contributed by atoms with van der Waals surface area (Å²) in [5.74, 6) is -0.412. The molecule has 2 aromatic rings. The molecule has 0 atom stereocenters. The number of rotatable bonds is 4. The zero-order valence-electron chi connectivity index (χ0n) is 10.4. The predicted octanol–water partition coefficient (Wildman–Crippen LogP) is 4.55. The number of nitrogens with one attached hydrogen (secondary N) is 1. The van der Waals surface area contributed by atoms with Crippen LogP contribution in [0.4, 0.5) is 18.9 Å². The van der Waals surface area contributed by atoms with E-state index in [0.717, 1.165) is 2.88 Å². The van der Waals surface area contributed by atoms with Crippen LogP contribution in [-0.2, 0) is 0 Å².